The van der Waals surface area contributed by atoms with Crippen LogP contribution in [0.15, 0.2) is 4.99 Å². The summed E-state index contributed by atoms with van der Waals surface area (Å²) in [6, 6.07) is 0. The number of nitrogens with one attached hydrogen (secondary N) is 1. The Hall–Kier alpha value is -0.0600. The van der Waals surface area contributed by atoms with E-state index in [1.165, 1.54) is 0 Å². The third-order valence-corrected chi connectivity index (χ3v) is 2.17. The van der Waals surface area contributed by atoms with Gasteiger partial charge in [0.2, 0.25) is 0 Å². The summed E-state index contributed by atoms with van der Waals surface area (Å²) in [5.41, 5.74) is 6.40. The molecule has 0 heterocycles. The summed E-state index contributed by atoms with van der Waals surface area (Å²) in [5.74, 6) is 0. The quantitative estimate of drug-likeness (QED) is 0.338. The van der Waals surface area contributed by atoms with Gasteiger partial charge in [0, 0.05) is 30.1 Å². The summed E-state index contributed by atoms with van der Waals surface area (Å²) in [5, 5.41) is 3.18. The van der Waals surface area contributed by atoms with Gasteiger partial charge >= 0.3 is 0 Å². The Balaban J connectivity index is 3.60. The van der Waals surface area contributed by atoms with E-state index >= 15 is 0 Å². The van der Waals surface area contributed by atoms with Crippen molar-refractivity contribution in [2.45, 2.75) is 25.5 Å². The van der Waals surface area contributed by atoms with Crippen molar-refractivity contribution >= 4 is 18.3 Å². The minimum absolute atomic E-state index is 0.103. The van der Waals surface area contributed by atoms with Gasteiger partial charge in [-0.05, 0) is 20.8 Å². The van der Waals surface area contributed by atoms with Gasteiger partial charge in [-0.15, -0.1) is 0 Å². The smallest absolute Gasteiger partial charge is 0.0514 e. The third-order valence-electron chi connectivity index (χ3n) is 1.84. The van der Waals surface area contributed by atoms with Crippen molar-refractivity contribution < 1.29 is 0 Å². The molecule has 0 saturated heterocycles. The van der Waals surface area contributed by atoms with Crippen LogP contribution in [0.5, 0.6) is 0 Å². The fourth-order valence-electron chi connectivity index (χ4n) is 0.723. The fourth-order valence-corrected chi connectivity index (χ4v) is 0.794. The van der Waals surface area contributed by atoms with Crippen LogP contribution in [-0.4, -0.2) is 36.6 Å². The lowest BCUT2D eigenvalue weighted by Crippen LogP contribution is -2.27. The Bertz CT molecular complexity index is 161. The molecule has 0 unspecified atom stereocenters. The predicted molar refractivity (Wildman–Crippen MR) is 63.0 cm³/mol. The van der Waals surface area contributed by atoms with Gasteiger partial charge in [-0.25, -0.2) is 0 Å². The van der Waals surface area contributed by atoms with Crippen molar-refractivity contribution in [1.29, 1.82) is 0 Å². The summed E-state index contributed by atoms with van der Waals surface area (Å²) in [7, 11) is 0. The van der Waals surface area contributed by atoms with E-state index < -0.39 is 0 Å². The maximum absolute atomic E-state index is 5.33. The lowest BCUT2D eigenvalue weighted by atomic mass is 10.1. The Morgan fingerprint density at radius 3 is 2.54 bits per heavy atom. The van der Waals surface area contributed by atoms with Gasteiger partial charge < -0.3 is 11.1 Å². The average molecular weight is 203 g/mol. The fraction of sp³-hybridized carbons (Fsp3) is 0.889. The maximum Gasteiger partial charge on any atom is 0.0514 e. The van der Waals surface area contributed by atoms with Gasteiger partial charge in [-0.3, -0.25) is 4.99 Å². The topological polar surface area (TPSA) is 50.4 Å². The molecule has 0 bridgehead atoms. The number of thiol groups is 1. The summed E-state index contributed by atoms with van der Waals surface area (Å²) < 4.78 is -0.103. The summed E-state index contributed by atoms with van der Waals surface area (Å²) in [6.45, 7) is 9.33. The van der Waals surface area contributed by atoms with Gasteiger partial charge in [-0.1, -0.05) is 0 Å². The van der Waals surface area contributed by atoms with Crippen molar-refractivity contribution in [2.75, 3.05) is 26.2 Å². The van der Waals surface area contributed by atoms with E-state index in [9.17, 15) is 0 Å². The van der Waals surface area contributed by atoms with Crippen molar-refractivity contribution in [3.8, 4) is 0 Å². The van der Waals surface area contributed by atoms with E-state index in [2.05, 4.69) is 22.9 Å². The van der Waals surface area contributed by atoms with E-state index in [-0.39, 0.29) is 4.75 Å². The number of rotatable bonds is 6. The molecule has 0 aliphatic carbocycles. The van der Waals surface area contributed by atoms with Crippen LogP contribution in [0.4, 0.5) is 0 Å². The second-order valence-corrected chi connectivity index (χ2v) is 4.68. The van der Waals surface area contributed by atoms with Crippen LogP contribution in [0.3, 0.4) is 0 Å². The highest BCUT2D eigenvalue weighted by atomic mass is 32.1. The first-order valence-corrected chi connectivity index (χ1v) is 5.08. The second-order valence-electron chi connectivity index (χ2n) is 3.56. The van der Waals surface area contributed by atoms with Crippen molar-refractivity contribution in [3.05, 3.63) is 0 Å². The summed E-state index contributed by atoms with van der Waals surface area (Å²) in [4.78, 5) is 4.40. The molecule has 78 valence electrons. The Morgan fingerprint density at radius 1 is 1.46 bits per heavy atom. The van der Waals surface area contributed by atoms with Crippen molar-refractivity contribution in [1.82, 2.24) is 5.32 Å². The van der Waals surface area contributed by atoms with Gasteiger partial charge in [0.1, 0.15) is 0 Å². The molecular formula is C9H21N3S. The molecule has 0 atom stereocenters. The number of aliphatic imine (C=N–C) groups is 1. The van der Waals surface area contributed by atoms with Crippen molar-refractivity contribution in [2.24, 2.45) is 10.7 Å². The standard InChI is InChI=1S/C9H21N3S/c1-8(9(2,3)13)12-7-6-11-5-4-10/h11,13H,4-7,10H2,1-3H3. The molecule has 3 nitrogen and oxygen atoms in total. The highest BCUT2D eigenvalue weighted by Crippen LogP contribution is 2.13. The van der Waals surface area contributed by atoms with E-state index in [1.807, 2.05) is 20.8 Å². The molecule has 0 aromatic rings. The highest BCUT2D eigenvalue weighted by molar-refractivity contribution is 7.82. The predicted octanol–water partition coefficient (Wildman–Crippen LogP) is 0.704. The monoisotopic (exact) mass is 203 g/mol. The molecule has 13 heavy (non-hydrogen) atoms. The first-order chi connectivity index (χ1) is 5.98. The lowest BCUT2D eigenvalue weighted by molar-refractivity contribution is 0.695. The molecular weight excluding hydrogens is 182 g/mol. The zero-order valence-electron chi connectivity index (χ0n) is 8.80. The summed E-state index contributed by atoms with van der Waals surface area (Å²) >= 11 is 4.42. The molecule has 0 radical (unpaired) electrons. The molecule has 0 amide bonds. The van der Waals surface area contributed by atoms with Gasteiger partial charge in [0.05, 0.1) is 6.54 Å². The van der Waals surface area contributed by atoms with E-state index in [0.29, 0.717) is 6.54 Å². The third kappa shape index (κ3) is 7.05. The Labute approximate surface area is 86.6 Å². The van der Waals surface area contributed by atoms with Crippen molar-refractivity contribution in [3.63, 3.8) is 0 Å². The molecule has 4 heteroatoms. The van der Waals surface area contributed by atoms with Crippen LogP contribution in [0.2, 0.25) is 0 Å². The molecule has 0 aromatic heterocycles. The van der Waals surface area contributed by atoms with Crippen LogP contribution in [0, 0.1) is 0 Å². The molecule has 0 rings (SSSR count). The van der Waals surface area contributed by atoms with Crippen LogP contribution < -0.4 is 11.1 Å². The van der Waals surface area contributed by atoms with Crippen LogP contribution in [0.25, 0.3) is 0 Å². The normalized spacial score (nSPS) is 13.5. The average Bonchev–Trinajstić information content (AvgIpc) is 2.02. The molecule has 0 aliphatic rings. The molecule has 3 N–H and O–H groups in total. The SMILES string of the molecule is CC(=NCCNCCN)C(C)(C)S. The molecule has 0 aliphatic heterocycles. The van der Waals surface area contributed by atoms with Crippen LogP contribution in [0.1, 0.15) is 20.8 Å². The minimum atomic E-state index is -0.103. The van der Waals surface area contributed by atoms with E-state index in [1.54, 1.807) is 0 Å². The van der Waals surface area contributed by atoms with Gasteiger partial charge in [0.25, 0.3) is 0 Å². The van der Waals surface area contributed by atoms with E-state index in [4.69, 9.17) is 5.73 Å². The zero-order chi connectivity index (χ0) is 10.3. The first-order valence-electron chi connectivity index (χ1n) is 4.63. The molecule has 0 saturated carbocycles. The Morgan fingerprint density at radius 2 is 2.08 bits per heavy atom. The van der Waals surface area contributed by atoms with Crippen LogP contribution in [-0.2, 0) is 0 Å². The molecule has 0 spiro atoms. The first kappa shape index (κ1) is 12.9. The number of hydrogen-bond donors (Lipinski definition) is 3. The van der Waals surface area contributed by atoms with E-state index in [0.717, 1.165) is 25.3 Å². The summed E-state index contributed by atoms with van der Waals surface area (Å²) in [6.07, 6.45) is 0. The minimum Gasteiger partial charge on any atom is -0.329 e. The second kappa shape index (κ2) is 6.40. The highest BCUT2D eigenvalue weighted by Gasteiger charge is 2.14. The largest absolute Gasteiger partial charge is 0.329 e. The number of nitrogens with two attached hydrogens (primary N) is 1. The number of hydrogen-bond acceptors (Lipinski definition) is 4. The Kier molecular flexibility index (Phi) is 6.37. The maximum atomic E-state index is 5.33. The van der Waals surface area contributed by atoms with Gasteiger partial charge in [-0.2, -0.15) is 12.6 Å². The molecule has 0 fully saturated rings. The van der Waals surface area contributed by atoms with Gasteiger partial charge in [0.15, 0.2) is 0 Å². The zero-order valence-corrected chi connectivity index (χ0v) is 9.69. The van der Waals surface area contributed by atoms with Crippen LogP contribution >= 0.6 is 12.6 Å². The molecule has 0 aromatic carbocycles. The number of nitrogens with zero attached hydrogens (tertiary/aromatic N) is 1. The lowest BCUT2D eigenvalue weighted by Gasteiger charge is -2.16.